The van der Waals surface area contributed by atoms with Gasteiger partial charge >= 0.3 is 0 Å². The van der Waals surface area contributed by atoms with Crippen LogP contribution in [-0.2, 0) is 0 Å². The molecule has 1 aromatic rings. The number of ether oxygens (including phenoxy) is 1. The van der Waals surface area contributed by atoms with Crippen LogP contribution in [0.15, 0.2) is 24.3 Å². The third-order valence-electron chi connectivity index (χ3n) is 2.87. The van der Waals surface area contributed by atoms with Crippen molar-refractivity contribution in [2.24, 2.45) is 0 Å². The molecule has 0 bridgehead atoms. The van der Waals surface area contributed by atoms with Crippen LogP contribution in [-0.4, -0.2) is 42.9 Å². The zero-order valence-corrected chi connectivity index (χ0v) is 11.7. The molecule has 3 nitrogen and oxygen atoms in total. The first-order chi connectivity index (χ1) is 8.58. The van der Waals surface area contributed by atoms with Crippen molar-refractivity contribution >= 4 is 0 Å². The van der Waals surface area contributed by atoms with Gasteiger partial charge in [0, 0.05) is 13.1 Å². The number of hydrogen-bond acceptors (Lipinski definition) is 3. The average Bonchev–Trinajstić information content (AvgIpc) is 2.32. The highest BCUT2D eigenvalue weighted by Crippen LogP contribution is 2.12. The maximum Gasteiger partial charge on any atom is 0.119 e. The molecule has 0 aliphatic heterocycles. The molecule has 102 valence electrons. The van der Waals surface area contributed by atoms with E-state index in [1.54, 1.807) is 0 Å². The van der Waals surface area contributed by atoms with Crippen molar-refractivity contribution in [2.45, 2.75) is 32.8 Å². The number of aliphatic hydroxyl groups excluding tert-OH is 1. The lowest BCUT2D eigenvalue weighted by atomic mass is 10.2. The molecule has 0 aliphatic carbocycles. The lowest BCUT2D eigenvalue weighted by molar-refractivity contribution is 0.162. The van der Waals surface area contributed by atoms with Gasteiger partial charge in [-0.25, -0.2) is 0 Å². The monoisotopic (exact) mass is 251 g/mol. The van der Waals surface area contributed by atoms with Crippen LogP contribution >= 0.6 is 0 Å². The third kappa shape index (κ3) is 6.62. The van der Waals surface area contributed by atoms with Crippen LogP contribution in [0.2, 0.25) is 0 Å². The second-order valence-electron chi connectivity index (χ2n) is 4.96. The SMILES string of the molecule is Cc1cccc(OCCCN(C)CCC(C)O)c1. The van der Waals surface area contributed by atoms with Crippen LogP contribution in [0.3, 0.4) is 0 Å². The molecule has 0 saturated heterocycles. The van der Waals surface area contributed by atoms with E-state index in [2.05, 4.69) is 31.0 Å². The Balaban J connectivity index is 2.11. The van der Waals surface area contributed by atoms with Crippen molar-refractivity contribution in [3.63, 3.8) is 0 Å². The van der Waals surface area contributed by atoms with Gasteiger partial charge < -0.3 is 14.7 Å². The fraction of sp³-hybridized carbons (Fsp3) is 0.600. The van der Waals surface area contributed by atoms with E-state index >= 15 is 0 Å². The summed E-state index contributed by atoms with van der Waals surface area (Å²) in [7, 11) is 2.08. The minimum atomic E-state index is -0.212. The molecule has 1 N–H and O–H groups in total. The average molecular weight is 251 g/mol. The highest BCUT2D eigenvalue weighted by atomic mass is 16.5. The zero-order valence-electron chi connectivity index (χ0n) is 11.7. The van der Waals surface area contributed by atoms with E-state index in [0.29, 0.717) is 0 Å². The van der Waals surface area contributed by atoms with Crippen LogP contribution in [0.4, 0.5) is 0 Å². The third-order valence-corrected chi connectivity index (χ3v) is 2.87. The number of aryl methyl sites for hydroxylation is 1. The fourth-order valence-electron chi connectivity index (χ4n) is 1.75. The molecular formula is C15H25NO2. The highest BCUT2D eigenvalue weighted by molar-refractivity contribution is 5.27. The molecule has 1 rings (SSSR count). The number of hydrogen-bond donors (Lipinski definition) is 1. The van der Waals surface area contributed by atoms with Gasteiger partial charge in [0.25, 0.3) is 0 Å². The molecule has 0 amide bonds. The lowest BCUT2D eigenvalue weighted by Crippen LogP contribution is -2.24. The Bertz CT molecular complexity index is 339. The molecule has 3 heteroatoms. The first-order valence-corrected chi connectivity index (χ1v) is 6.64. The normalized spacial score (nSPS) is 12.7. The fourth-order valence-corrected chi connectivity index (χ4v) is 1.75. The second-order valence-corrected chi connectivity index (χ2v) is 4.96. The van der Waals surface area contributed by atoms with E-state index in [4.69, 9.17) is 4.74 Å². The van der Waals surface area contributed by atoms with Crippen LogP contribution in [0.5, 0.6) is 5.75 Å². The quantitative estimate of drug-likeness (QED) is 0.720. The number of rotatable bonds is 8. The van der Waals surface area contributed by atoms with E-state index in [9.17, 15) is 5.11 Å². The summed E-state index contributed by atoms with van der Waals surface area (Å²) in [6, 6.07) is 8.12. The topological polar surface area (TPSA) is 32.7 Å². The lowest BCUT2D eigenvalue weighted by Gasteiger charge is -2.17. The maximum absolute atomic E-state index is 9.20. The van der Waals surface area contributed by atoms with Crippen molar-refractivity contribution in [3.8, 4) is 5.75 Å². The summed E-state index contributed by atoms with van der Waals surface area (Å²) in [5.41, 5.74) is 1.22. The van der Waals surface area contributed by atoms with Gasteiger partial charge in [-0.15, -0.1) is 0 Å². The standard InChI is InChI=1S/C15H25NO2/c1-13-6-4-7-15(12-13)18-11-5-9-16(3)10-8-14(2)17/h4,6-7,12,14,17H,5,8-11H2,1-3H3. The molecule has 1 aromatic carbocycles. The van der Waals surface area contributed by atoms with Crippen molar-refractivity contribution in [1.29, 1.82) is 0 Å². The van der Waals surface area contributed by atoms with E-state index in [-0.39, 0.29) is 6.10 Å². The molecule has 0 radical (unpaired) electrons. The van der Waals surface area contributed by atoms with Gasteiger partial charge in [0.2, 0.25) is 0 Å². The van der Waals surface area contributed by atoms with Gasteiger partial charge in [-0.1, -0.05) is 12.1 Å². The Hall–Kier alpha value is -1.06. The van der Waals surface area contributed by atoms with Crippen molar-refractivity contribution in [1.82, 2.24) is 4.90 Å². The van der Waals surface area contributed by atoms with Crippen molar-refractivity contribution in [2.75, 3.05) is 26.7 Å². The summed E-state index contributed by atoms with van der Waals surface area (Å²) < 4.78 is 5.69. The number of benzene rings is 1. The molecule has 0 saturated carbocycles. The van der Waals surface area contributed by atoms with Crippen LogP contribution < -0.4 is 4.74 Å². The Morgan fingerprint density at radius 2 is 2.11 bits per heavy atom. The predicted octanol–water partition coefficient (Wildman–Crippen LogP) is 2.47. The Kier molecular flexibility index (Phi) is 6.76. The van der Waals surface area contributed by atoms with Gasteiger partial charge in [-0.3, -0.25) is 0 Å². The molecular weight excluding hydrogens is 226 g/mol. The highest BCUT2D eigenvalue weighted by Gasteiger charge is 2.01. The Labute approximate surface area is 110 Å². The van der Waals surface area contributed by atoms with Gasteiger partial charge in [0.05, 0.1) is 12.7 Å². The van der Waals surface area contributed by atoms with Gasteiger partial charge in [-0.2, -0.15) is 0 Å². The minimum absolute atomic E-state index is 0.212. The maximum atomic E-state index is 9.20. The van der Waals surface area contributed by atoms with E-state index in [1.165, 1.54) is 5.56 Å². The smallest absolute Gasteiger partial charge is 0.119 e. The summed E-state index contributed by atoms with van der Waals surface area (Å²) in [6.45, 7) is 6.56. The van der Waals surface area contributed by atoms with Crippen LogP contribution in [0.1, 0.15) is 25.3 Å². The van der Waals surface area contributed by atoms with Gasteiger partial charge in [-0.05, 0) is 51.4 Å². The Morgan fingerprint density at radius 3 is 2.78 bits per heavy atom. The summed E-state index contributed by atoms with van der Waals surface area (Å²) in [5.74, 6) is 0.946. The molecule has 0 heterocycles. The second kappa shape index (κ2) is 8.11. The molecule has 0 aromatic heterocycles. The predicted molar refractivity (Wildman–Crippen MR) is 75.1 cm³/mol. The molecule has 0 spiro atoms. The van der Waals surface area contributed by atoms with Crippen LogP contribution in [0.25, 0.3) is 0 Å². The van der Waals surface area contributed by atoms with E-state index in [1.807, 2.05) is 19.1 Å². The largest absolute Gasteiger partial charge is 0.494 e. The molecule has 1 atom stereocenters. The minimum Gasteiger partial charge on any atom is -0.494 e. The summed E-state index contributed by atoms with van der Waals surface area (Å²) >= 11 is 0. The van der Waals surface area contributed by atoms with E-state index in [0.717, 1.165) is 38.3 Å². The number of aliphatic hydroxyl groups is 1. The molecule has 18 heavy (non-hydrogen) atoms. The van der Waals surface area contributed by atoms with Crippen molar-refractivity contribution < 1.29 is 9.84 Å². The Morgan fingerprint density at radius 1 is 1.33 bits per heavy atom. The molecule has 0 aliphatic rings. The summed E-state index contributed by atoms with van der Waals surface area (Å²) in [5, 5.41) is 9.20. The zero-order chi connectivity index (χ0) is 13.4. The molecule has 1 unspecified atom stereocenters. The summed E-state index contributed by atoms with van der Waals surface area (Å²) in [6.07, 6.45) is 1.62. The van der Waals surface area contributed by atoms with Crippen molar-refractivity contribution in [3.05, 3.63) is 29.8 Å². The van der Waals surface area contributed by atoms with Gasteiger partial charge in [0.1, 0.15) is 5.75 Å². The number of nitrogens with zero attached hydrogens (tertiary/aromatic N) is 1. The first kappa shape index (κ1) is 15.0. The van der Waals surface area contributed by atoms with Gasteiger partial charge in [0.15, 0.2) is 0 Å². The first-order valence-electron chi connectivity index (χ1n) is 6.64. The summed E-state index contributed by atoms with van der Waals surface area (Å²) in [4.78, 5) is 2.23. The van der Waals surface area contributed by atoms with Crippen LogP contribution in [0, 0.1) is 6.92 Å². The molecule has 0 fully saturated rings. The van der Waals surface area contributed by atoms with E-state index < -0.39 is 0 Å².